The van der Waals surface area contributed by atoms with Crippen molar-refractivity contribution in [2.75, 3.05) is 0 Å². The van der Waals surface area contributed by atoms with Gasteiger partial charge in [0.05, 0.1) is 16.5 Å². The fourth-order valence-corrected chi connectivity index (χ4v) is 2.92. The minimum absolute atomic E-state index is 0.0414. The number of esters is 1. The van der Waals surface area contributed by atoms with Crippen LogP contribution in [0.15, 0.2) is 39.5 Å². The first-order valence-electron chi connectivity index (χ1n) is 7.82. The van der Waals surface area contributed by atoms with Gasteiger partial charge in [-0.05, 0) is 38.0 Å². The molecule has 3 aromatic rings. The number of benzene rings is 2. The molecule has 0 amide bonds. The molecule has 0 saturated heterocycles. The van der Waals surface area contributed by atoms with E-state index in [2.05, 4.69) is 0 Å². The number of rotatable bonds is 4. The summed E-state index contributed by atoms with van der Waals surface area (Å²) in [6, 6.07) is 7.55. The molecule has 26 heavy (non-hydrogen) atoms. The van der Waals surface area contributed by atoms with E-state index < -0.39 is 16.6 Å². The molecule has 1 heterocycles. The number of nitrogens with zero attached hydrogens (tertiary/aromatic N) is 2. The van der Waals surface area contributed by atoms with Crippen molar-refractivity contribution in [3.63, 3.8) is 0 Å². The molecule has 0 saturated carbocycles. The van der Waals surface area contributed by atoms with Gasteiger partial charge in [0.25, 0.3) is 5.69 Å². The van der Waals surface area contributed by atoms with Gasteiger partial charge in [-0.15, -0.1) is 0 Å². The standard InChI is InChI=1S/C18H16N2O6/c1-10-6-11(2)17(12(3)7-10)26-16(21)9-19-14-5-4-13(20(23)24)8-15(14)25-18(19)22/h4-8H,9H2,1-3H3. The zero-order valence-electron chi connectivity index (χ0n) is 14.4. The Morgan fingerprint density at radius 2 is 1.85 bits per heavy atom. The second-order valence-electron chi connectivity index (χ2n) is 6.07. The molecule has 0 aliphatic heterocycles. The lowest BCUT2D eigenvalue weighted by Crippen LogP contribution is -2.23. The number of hydrogen-bond acceptors (Lipinski definition) is 6. The van der Waals surface area contributed by atoms with Crippen molar-refractivity contribution in [3.05, 3.63) is 67.7 Å². The van der Waals surface area contributed by atoms with Crippen molar-refractivity contribution in [1.82, 2.24) is 4.57 Å². The maximum absolute atomic E-state index is 12.3. The number of carbonyl (C=O) groups is 1. The number of hydrogen-bond donors (Lipinski definition) is 0. The van der Waals surface area contributed by atoms with E-state index in [0.717, 1.165) is 27.3 Å². The minimum Gasteiger partial charge on any atom is -0.425 e. The van der Waals surface area contributed by atoms with Crippen molar-refractivity contribution in [3.8, 4) is 5.75 Å². The van der Waals surface area contributed by atoms with E-state index in [0.29, 0.717) is 5.75 Å². The van der Waals surface area contributed by atoms with Crippen LogP contribution in [0.3, 0.4) is 0 Å². The molecule has 134 valence electrons. The van der Waals surface area contributed by atoms with Crippen LogP contribution in [0.5, 0.6) is 5.75 Å². The van der Waals surface area contributed by atoms with Gasteiger partial charge in [0, 0.05) is 6.07 Å². The van der Waals surface area contributed by atoms with Crippen molar-refractivity contribution in [2.45, 2.75) is 27.3 Å². The summed E-state index contributed by atoms with van der Waals surface area (Å²) in [7, 11) is 0. The number of fused-ring (bicyclic) bond motifs is 1. The molecule has 0 fully saturated rings. The minimum atomic E-state index is -0.783. The Labute approximate surface area is 147 Å². The van der Waals surface area contributed by atoms with Crippen LogP contribution in [-0.2, 0) is 11.3 Å². The first-order valence-corrected chi connectivity index (χ1v) is 7.82. The molecule has 2 aromatic carbocycles. The third kappa shape index (κ3) is 3.21. The van der Waals surface area contributed by atoms with Crippen LogP contribution in [0.25, 0.3) is 11.1 Å². The highest BCUT2D eigenvalue weighted by molar-refractivity contribution is 5.79. The molecule has 0 atom stereocenters. The van der Waals surface area contributed by atoms with Crippen molar-refractivity contribution in [1.29, 1.82) is 0 Å². The SMILES string of the molecule is Cc1cc(C)c(OC(=O)Cn2c(=O)oc3cc([N+](=O)[O-])ccc32)c(C)c1. The lowest BCUT2D eigenvalue weighted by atomic mass is 10.1. The van der Waals surface area contributed by atoms with Crippen molar-refractivity contribution in [2.24, 2.45) is 0 Å². The monoisotopic (exact) mass is 356 g/mol. The fourth-order valence-electron chi connectivity index (χ4n) is 2.92. The summed E-state index contributed by atoms with van der Waals surface area (Å²) < 4.78 is 11.5. The smallest absolute Gasteiger partial charge is 0.420 e. The summed E-state index contributed by atoms with van der Waals surface area (Å²) in [5, 5.41) is 10.8. The first-order chi connectivity index (χ1) is 12.3. The fraction of sp³-hybridized carbons (Fsp3) is 0.222. The maximum atomic E-state index is 12.3. The first kappa shape index (κ1) is 17.4. The summed E-state index contributed by atoms with van der Waals surface area (Å²) in [4.78, 5) is 34.5. The predicted molar refractivity (Wildman–Crippen MR) is 93.4 cm³/mol. The van der Waals surface area contributed by atoms with Gasteiger partial charge in [0.2, 0.25) is 0 Å². The molecular formula is C18H16N2O6. The van der Waals surface area contributed by atoms with Gasteiger partial charge >= 0.3 is 11.7 Å². The topological polar surface area (TPSA) is 105 Å². The largest absolute Gasteiger partial charge is 0.425 e. The van der Waals surface area contributed by atoms with E-state index in [4.69, 9.17) is 9.15 Å². The average Bonchev–Trinajstić information content (AvgIpc) is 2.85. The Morgan fingerprint density at radius 3 is 2.46 bits per heavy atom. The summed E-state index contributed by atoms with van der Waals surface area (Å²) in [6.07, 6.45) is 0. The van der Waals surface area contributed by atoms with Gasteiger partial charge in [-0.1, -0.05) is 17.7 Å². The van der Waals surface area contributed by atoms with Crippen LogP contribution in [-0.4, -0.2) is 15.5 Å². The Balaban J connectivity index is 1.89. The lowest BCUT2D eigenvalue weighted by Gasteiger charge is -2.11. The predicted octanol–water partition coefficient (Wildman–Crippen LogP) is 3.03. The second kappa shape index (κ2) is 6.47. The summed E-state index contributed by atoms with van der Waals surface area (Å²) in [5.74, 6) is -0.963. The van der Waals surface area contributed by atoms with Gasteiger partial charge in [0.15, 0.2) is 5.58 Å². The van der Waals surface area contributed by atoms with Gasteiger partial charge in [0.1, 0.15) is 12.3 Å². The molecular weight excluding hydrogens is 340 g/mol. The molecule has 0 N–H and O–H groups in total. The third-order valence-corrected chi connectivity index (χ3v) is 3.97. The quantitative estimate of drug-likeness (QED) is 0.308. The number of ether oxygens (including phenoxy) is 1. The Hall–Kier alpha value is -3.42. The Morgan fingerprint density at radius 1 is 1.19 bits per heavy atom. The Bertz CT molecular complexity index is 1070. The molecule has 8 heteroatoms. The molecule has 8 nitrogen and oxygen atoms in total. The number of carbonyl (C=O) groups excluding carboxylic acids is 1. The van der Waals surface area contributed by atoms with Crippen LogP contribution in [0.1, 0.15) is 16.7 Å². The van der Waals surface area contributed by atoms with E-state index in [1.54, 1.807) is 0 Å². The molecule has 1 aromatic heterocycles. The van der Waals surface area contributed by atoms with Crippen LogP contribution >= 0.6 is 0 Å². The molecule has 0 aliphatic carbocycles. The van der Waals surface area contributed by atoms with Crippen molar-refractivity contribution >= 4 is 22.8 Å². The number of oxazole rings is 1. The number of non-ortho nitro benzene ring substituents is 1. The van der Waals surface area contributed by atoms with E-state index in [1.165, 1.54) is 12.1 Å². The maximum Gasteiger partial charge on any atom is 0.420 e. The summed E-state index contributed by atoms with van der Waals surface area (Å²) >= 11 is 0. The third-order valence-electron chi connectivity index (χ3n) is 3.97. The normalized spacial score (nSPS) is 10.9. The van der Waals surface area contributed by atoms with Crippen LogP contribution in [0.2, 0.25) is 0 Å². The summed E-state index contributed by atoms with van der Waals surface area (Å²) in [5.41, 5.74) is 2.81. The molecule has 0 aliphatic rings. The highest BCUT2D eigenvalue weighted by Crippen LogP contribution is 2.25. The molecule has 0 unspecified atom stereocenters. The Kier molecular flexibility index (Phi) is 4.33. The van der Waals surface area contributed by atoms with Crippen LogP contribution in [0, 0.1) is 30.9 Å². The molecule has 3 rings (SSSR count). The number of nitro groups is 1. The van der Waals surface area contributed by atoms with E-state index in [9.17, 15) is 19.7 Å². The average molecular weight is 356 g/mol. The van der Waals surface area contributed by atoms with Crippen LogP contribution < -0.4 is 10.5 Å². The lowest BCUT2D eigenvalue weighted by molar-refractivity contribution is -0.384. The van der Waals surface area contributed by atoms with Crippen molar-refractivity contribution < 1.29 is 18.9 Å². The van der Waals surface area contributed by atoms with Crippen LogP contribution in [0.4, 0.5) is 5.69 Å². The molecule has 0 bridgehead atoms. The zero-order valence-corrected chi connectivity index (χ0v) is 14.4. The summed E-state index contributed by atoms with van der Waals surface area (Å²) in [6.45, 7) is 5.25. The second-order valence-corrected chi connectivity index (χ2v) is 6.07. The zero-order chi connectivity index (χ0) is 19.0. The number of aryl methyl sites for hydroxylation is 3. The van der Waals surface area contributed by atoms with E-state index >= 15 is 0 Å². The van der Waals surface area contributed by atoms with E-state index in [1.807, 2.05) is 32.9 Å². The van der Waals surface area contributed by atoms with Gasteiger partial charge in [-0.3, -0.25) is 14.7 Å². The highest BCUT2D eigenvalue weighted by atomic mass is 16.6. The molecule has 0 radical (unpaired) electrons. The van der Waals surface area contributed by atoms with E-state index in [-0.39, 0.29) is 23.3 Å². The van der Waals surface area contributed by atoms with Gasteiger partial charge in [-0.25, -0.2) is 9.59 Å². The highest BCUT2D eigenvalue weighted by Gasteiger charge is 2.18. The van der Waals surface area contributed by atoms with Gasteiger partial charge < -0.3 is 9.15 Å². The number of aromatic nitrogens is 1. The number of nitro benzene ring substituents is 1. The molecule has 0 spiro atoms. The van der Waals surface area contributed by atoms with Gasteiger partial charge in [-0.2, -0.15) is 0 Å².